The van der Waals surface area contributed by atoms with Crippen molar-refractivity contribution in [1.29, 1.82) is 0 Å². The van der Waals surface area contributed by atoms with E-state index >= 15 is 0 Å². The number of esters is 1. The Morgan fingerprint density at radius 3 is 2.60 bits per heavy atom. The molecule has 2 N–H and O–H groups in total. The van der Waals surface area contributed by atoms with Crippen LogP contribution in [0, 0.1) is 5.92 Å². The molecule has 1 aliphatic rings. The number of hydrogen-bond donors (Lipinski definition) is 1. The van der Waals surface area contributed by atoms with Crippen LogP contribution < -0.4 is 5.73 Å². The lowest BCUT2D eigenvalue weighted by Gasteiger charge is -2.26. The number of nitrogens with two attached hydrogens (primary N) is 1. The smallest absolute Gasteiger partial charge is 0.306 e. The van der Waals surface area contributed by atoms with Crippen LogP contribution in [0.5, 0.6) is 0 Å². The monoisotopic (exact) mass is 236 g/mol. The number of nitrogens with zero attached hydrogens (tertiary/aromatic N) is 1. The molecule has 1 aliphatic carbocycles. The third-order valence-electron chi connectivity index (χ3n) is 2.87. The van der Waals surface area contributed by atoms with Gasteiger partial charge in [0.15, 0.2) is 0 Å². The fourth-order valence-electron chi connectivity index (χ4n) is 1.75. The van der Waals surface area contributed by atoms with Crippen LogP contribution in [-0.4, -0.2) is 44.2 Å². The number of hydrogen-bond acceptors (Lipinski definition) is 4. The van der Waals surface area contributed by atoms with E-state index in [4.69, 9.17) is 5.73 Å². The second-order valence-corrected chi connectivity index (χ2v) is 3.95. The minimum atomic E-state index is -0.150. The molecule has 1 fully saturated rings. The number of ether oxygens (including phenoxy) is 1. The Morgan fingerprint density at radius 1 is 1.60 bits per heavy atom. The van der Waals surface area contributed by atoms with E-state index in [1.807, 2.05) is 7.05 Å². The summed E-state index contributed by atoms with van der Waals surface area (Å²) in [5.74, 6) is 0.603. The average molecular weight is 237 g/mol. The largest absolute Gasteiger partial charge is 0.469 e. The predicted molar refractivity (Wildman–Crippen MR) is 62.1 cm³/mol. The maximum Gasteiger partial charge on any atom is 0.306 e. The van der Waals surface area contributed by atoms with E-state index in [2.05, 4.69) is 9.64 Å². The maximum absolute atomic E-state index is 10.9. The zero-order valence-corrected chi connectivity index (χ0v) is 10.3. The fraction of sp³-hybridized carbons (Fsp3) is 0.900. The van der Waals surface area contributed by atoms with Crippen molar-refractivity contribution in [1.82, 2.24) is 4.90 Å². The Labute approximate surface area is 97.5 Å². The highest BCUT2D eigenvalue weighted by atomic mass is 35.5. The van der Waals surface area contributed by atoms with Crippen molar-refractivity contribution < 1.29 is 9.53 Å². The highest BCUT2D eigenvalue weighted by Gasteiger charge is 2.32. The van der Waals surface area contributed by atoms with Crippen molar-refractivity contribution in [3.05, 3.63) is 0 Å². The van der Waals surface area contributed by atoms with Gasteiger partial charge in [0.05, 0.1) is 13.5 Å². The first-order chi connectivity index (χ1) is 6.69. The number of carbonyl (C=O) groups excluding carboxylic acids is 1. The van der Waals surface area contributed by atoms with Crippen molar-refractivity contribution in [3.63, 3.8) is 0 Å². The molecular weight excluding hydrogens is 216 g/mol. The highest BCUT2D eigenvalue weighted by molar-refractivity contribution is 5.85. The van der Waals surface area contributed by atoms with Gasteiger partial charge in [-0.2, -0.15) is 0 Å². The molecule has 4 nitrogen and oxygen atoms in total. The van der Waals surface area contributed by atoms with E-state index in [-0.39, 0.29) is 18.4 Å². The van der Waals surface area contributed by atoms with Gasteiger partial charge in [-0.25, -0.2) is 0 Å². The van der Waals surface area contributed by atoms with Crippen molar-refractivity contribution in [2.45, 2.75) is 25.3 Å². The van der Waals surface area contributed by atoms with Gasteiger partial charge >= 0.3 is 5.97 Å². The Balaban J connectivity index is 0.00000196. The van der Waals surface area contributed by atoms with Gasteiger partial charge in [-0.15, -0.1) is 12.4 Å². The predicted octanol–water partition coefficient (Wildman–Crippen LogP) is 0.640. The molecule has 0 aromatic carbocycles. The van der Waals surface area contributed by atoms with Gasteiger partial charge in [0.2, 0.25) is 0 Å². The molecule has 0 saturated heterocycles. The van der Waals surface area contributed by atoms with E-state index in [9.17, 15) is 4.79 Å². The summed E-state index contributed by atoms with van der Waals surface area (Å²) < 4.78 is 4.59. The van der Waals surface area contributed by atoms with Crippen LogP contribution in [0.4, 0.5) is 0 Å². The van der Waals surface area contributed by atoms with Crippen LogP contribution in [0.1, 0.15) is 19.3 Å². The van der Waals surface area contributed by atoms with Crippen LogP contribution in [0.15, 0.2) is 0 Å². The Morgan fingerprint density at radius 2 is 2.20 bits per heavy atom. The van der Waals surface area contributed by atoms with E-state index < -0.39 is 0 Å². The van der Waals surface area contributed by atoms with E-state index in [1.165, 1.54) is 20.0 Å². The van der Waals surface area contributed by atoms with Gasteiger partial charge in [0.1, 0.15) is 0 Å². The lowest BCUT2D eigenvalue weighted by Crippen LogP contribution is -2.40. The molecule has 0 aromatic rings. The summed E-state index contributed by atoms with van der Waals surface area (Å²) in [5.41, 5.74) is 5.70. The Bertz CT molecular complexity index is 198. The summed E-state index contributed by atoms with van der Waals surface area (Å²) in [4.78, 5) is 13.1. The molecular formula is C10H21ClN2O2. The topological polar surface area (TPSA) is 55.6 Å². The summed E-state index contributed by atoms with van der Waals surface area (Å²) in [5, 5.41) is 0. The first-order valence-electron chi connectivity index (χ1n) is 5.16. The third-order valence-corrected chi connectivity index (χ3v) is 2.87. The summed E-state index contributed by atoms with van der Waals surface area (Å²) in [7, 11) is 3.45. The normalized spacial score (nSPS) is 17.1. The Hall–Kier alpha value is -0.320. The molecule has 1 atom stereocenters. The van der Waals surface area contributed by atoms with Gasteiger partial charge in [0, 0.05) is 19.1 Å². The summed E-state index contributed by atoms with van der Waals surface area (Å²) in [6, 6.07) is 0.444. The molecule has 1 saturated carbocycles. The maximum atomic E-state index is 10.9. The van der Waals surface area contributed by atoms with E-state index in [0.717, 1.165) is 12.5 Å². The summed E-state index contributed by atoms with van der Waals surface area (Å²) in [6.45, 7) is 1.42. The van der Waals surface area contributed by atoms with Gasteiger partial charge in [-0.05, 0) is 25.8 Å². The summed E-state index contributed by atoms with van der Waals surface area (Å²) >= 11 is 0. The molecule has 1 rings (SSSR count). The molecule has 0 aliphatic heterocycles. The minimum Gasteiger partial charge on any atom is -0.469 e. The van der Waals surface area contributed by atoms with Crippen LogP contribution in [0.25, 0.3) is 0 Å². The van der Waals surface area contributed by atoms with Gasteiger partial charge in [0.25, 0.3) is 0 Å². The molecule has 0 spiro atoms. The van der Waals surface area contributed by atoms with Crippen molar-refractivity contribution in [3.8, 4) is 0 Å². The zero-order valence-electron chi connectivity index (χ0n) is 9.44. The van der Waals surface area contributed by atoms with Gasteiger partial charge in [-0.3, -0.25) is 4.79 Å². The second kappa shape index (κ2) is 7.04. The molecule has 5 heteroatoms. The quantitative estimate of drug-likeness (QED) is 0.688. The molecule has 15 heavy (non-hydrogen) atoms. The lowest BCUT2D eigenvalue weighted by atomic mass is 10.1. The molecule has 0 aromatic heterocycles. The Kier molecular flexibility index (Phi) is 6.89. The molecule has 90 valence electrons. The molecule has 0 radical (unpaired) electrons. The zero-order chi connectivity index (χ0) is 10.6. The van der Waals surface area contributed by atoms with Crippen LogP contribution >= 0.6 is 12.4 Å². The second-order valence-electron chi connectivity index (χ2n) is 3.95. The van der Waals surface area contributed by atoms with E-state index in [1.54, 1.807) is 0 Å². The number of rotatable bonds is 6. The number of carbonyl (C=O) groups is 1. The molecule has 0 heterocycles. The van der Waals surface area contributed by atoms with Crippen molar-refractivity contribution >= 4 is 18.4 Å². The first kappa shape index (κ1) is 14.7. The number of halogens is 1. The first-order valence-corrected chi connectivity index (χ1v) is 5.16. The number of methoxy groups -OCH3 is 1. The molecule has 1 unspecified atom stereocenters. The number of likely N-dealkylation sites (N-methyl/N-ethyl adjacent to an activating group) is 1. The lowest BCUT2D eigenvalue weighted by molar-refractivity contribution is -0.141. The van der Waals surface area contributed by atoms with Crippen molar-refractivity contribution in [2.24, 2.45) is 11.7 Å². The van der Waals surface area contributed by atoms with Crippen molar-refractivity contribution in [2.75, 3.05) is 27.2 Å². The standard InChI is InChI=1S/C10H20N2O2.ClH/c1-12(6-5-10(13)14-2)9(7-11)8-3-4-8;/h8-9H,3-7,11H2,1-2H3;1H. The highest BCUT2D eigenvalue weighted by Crippen LogP contribution is 2.34. The van der Waals surface area contributed by atoms with Crippen LogP contribution in [0.3, 0.4) is 0 Å². The van der Waals surface area contributed by atoms with Crippen LogP contribution in [-0.2, 0) is 9.53 Å². The fourth-order valence-corrected chi connectivity index (χ4v) is 1.75. The van der Waals surface area contributed by atoms with Gasteiger partial charge < -0.3 is 15.4 Å². The molecule has 0 bridgehead atoms. The van der Waals surface area contributed by atoms with Gasteiger partial charge in [-0.1, -0.05) is 0 Å². The van der Waals surface area contributed by atoms with E-state index in [0.29, 0.717) is 19.0 Å². The SMILES string of the molecule is COC(=O)CCN(C)C(CN)C1CC1.Cl. The summed E-state index contributed by atoms with van der Waals surface area (Å²) in [6.07, 6.45) is 3.02. The third kappa shape index (κ3) is 4.82. The minimum absolute atomic E-state index is 0. The average Bonchev–Trinajstić information content (AvgIpc) is 2.99. The molecule has 0 amide bonds. The van der Waals surface area contributed by atoms with Crippen LogP contribution in [0.2, 0.25) is 0 Å².